The molecule has 4 rings (SSSR count). The van der Waals surface area contributed by atoms with Gasteiger partial charge in [-0.1, -0.05) is 91.0 Å². The molecule has 1 aromatic heterocycles. The Labute approximate surface area is 221 Å². The number of rotatable bonds is 10. The lowest BCUT2D eigenvalue weighted by Gasteiger charge is -2.37. The van der Waals surface area contributed by atoms with E-state index in [-0.39, 0.29) is 12.3 Å². The van der Waals surface area contributed by atoms with Gasteiger partial charge in [0.25, 0.3) is 0 Å². The fourth-order valence-electron chi connectivity index (χ4n) is 4.40. The van der Waals surface area contributed by atoms with Gasteiger partial charge in [-0.3, -0.25) is 9.78 Å². The number of aromatic nitrogens is 1. The lowest BCUT2D eigenvalue weighted by atomic mass is 9.77. The summed E-state index contributed by atoms with van der Waals surface area (Å²) in [5.41, 5.74) is 4.21. The van der Waals surface area contributed by atoms with Gasteiger partial charge in [0, 0.05) is 29.1 Å². The summed E-state index contributed by atoms with van der Waals surface area (Å²) in [7, 11) is 0. The van der Waals surface area contributed by atoms with Gasteiger partial charge in [-0.2, -0.15) is 0 Å². The maximum atomic E-state index is 12.9. The first-order chi connectivity index (χ1) is 17.5. The normalized spacial score (nSPS) is 11.7. The number of allylic oxidation sites excluding steroid dienone is 1. The monoisotopic (exact) mass is 539 g/mol. The molecule has 4 nitrogen and oxygen atoms in total. The molecule has 0 spiro atoms. The zero-order chi connectivity index (χ0) is 25.4. The molecule has 5 heteroatoms. The van der Waals surface area contributed by atoms with Gasteiger partial charge in [0.1, 0.15) is 11.2 Å². The van der Waals surface area contributed by atoms with E-state index in [2.05, 4.69) is 111 Å². The second kappa shape index (κ2) is 11.8. The lowest BCUT2D eigenvalue weighted by Crippen LogP contribution is -2.42. The number of Topliss-reactive ketones (excluding diaryl/α,β-unsaturated/α-hetero) is 1. The molecule has 0 aliphatic carbocycles. The van der Waals surface area contributed by atoms with Crippen molar-refractivity contribution in [3.8, 4) is 0 Å². The Morgan fingerprint density at radius 3 is 1.78 bits per heavy atom. The fraction of sp³-hybridized carbons (Fsp3) is 0.161. The number of likely N-dealkylation sites (N-methyl/N-ethyl adjacent to an activating group) is 1. The second-order valence-corrected chi connectivity index (χ2v) is 9.49. The molecule has 0 atom stereocenters. The quantitative estimate of drug-likeness (QED) is 0.178. The molecule has 1 N–H and O–H groups in total. The number of hydrogen-bond donors (Lipinski definition) is 1. The lowest BCUT2D eigenvalue weighted by molar-refractivity contribution is 0.0946. The summed E-state index contributed by atoms with van der Waals surface area (Å²) in [6.07, 6.45) is 3.68. The molecule has 0 fully saturated rings. The van der Waals surface area contributed by atoms with Crippen molar-refractivity contribution in [1.82, 2.24) is 15.2 Å². The second-order valence-electron chi connectivity index (χ2n) is 8.58. The highest BCUT2D eigenvalue weighted by Gasteiger charge is 2.35. The van der Waals surface area contributed by atoms with Crippen molar-refractivity contribution in [2.24, 2.45) is 0 Å². The van der Waals surface area contributed by atoms with E-state index in [4.69, 9.17) is 0 Å². The van der Waals surface area contributed by atoms with Crippen LogP contribution in [0.5, 0.6) is 0 Å². The standard InChI is InChI=1S/C31H30BrN3O/c1-3-35(23-30(36)29-20-19-28(32)22-33-29)24(2)21-34-31(25-13-7-4-8-14-25,26-15-9-5-10-16-26)27-17-11-6-12-18-27/h4-22,34H,3,23H2,1-2H3/b24-21-. The Kier molecular flexibility index (Phi) is 8.34. The van der Waals surface area contributed by atoms with E-state index >= 15 is 0 Å². The number of hydrogen-bond acceptors (Lipinski definition) is 4. The fourth-order valence-corrected chi connectivity index (χ4v) is 4.63. The Bertz CT molecular complexity index is 1190. The highest BCUT2D eigenvalue weighted by Crippen LogP contribution is 2.37. The first-order valence-electron chi connectivity index (χ1n) is 12.1. The van der Waals surface area contributed by atoms with Crippen LogP contribution in [0.4, 0.5) is 0 Å². The summed E-state index contributed by atoms with van der Waals surface area (Å²) in [4.78, 5) is 19.3. The van der Waals surface area contributed by atoms with Gasteiger partial charge in [-0.05, 0) is 58.6 Å². The molecule has 3 aromatic carbocycles. The number of nitrogens with zero attached hydrogens (tertiary/aromatic N) is 2. The number of pyridine rings is 1. The minimum absolute atomic E-state index is 0.0162. The number of carbonyl (C=O) groups is 1. The van der Waals surface area contributed by atoms with Gasteiger partial charge in [0.05, 0.1) is 6.54 Å². The Balaban J connectivity index is 1.72. The summed E-state index contributed by atoms with van der Waals surface area (Å²) in [6.45, 7) is 5.04. The van der Waals surface area contributed by atoms with Crippen molar-refractivity contribution >= 4 is 21.7 Å². The van der Waals surface area contributed by atoms with Crippen LogP contribution in [0, 0.1) is 0 Å². The van der Waals surface area contributed by atoms with Gasteiger partial charge < -0.3 is 10.2 Å². The zero-order valence-corrected chi connectivity index (χ0v) is 22.2. The molecule has 0 aliphatic heterocycles. The summed E-state index contributed by atoms with van der Waals surface area (Å²) in [5, 5.41) is 3.78. The summed E-state index contributed by atoms with van der Waals surface area (Å²) in [6, 6.07) is 35.0. The van der Waals surface area contributed by atoms with Crippen molar-refractivity contribution in [1.29, 1.82) is 0 Å². The van der Waals surface area contributed by atoms with Crippen LogP contribution >= 0.6 is 15.9 Å². The van der Waals surface area contributed by atoms with E-state index in [9.17, 15) is 4.79 Å². The van der Waals surface area contributed by atoms with Gasteiger partial charge in [-0.15, -0.1) is 0 Å². The van der Waals surface area contributed by atoms with Crippen molar-refractivity contribution in [2.45, 2.75) is 19.4 Å². The first-order valence-corrected chi connectivity index (χ1v) is 12.8. The van der Waals surface area contributed by atoms with Crippen LogP contribution in [0.3, 0.4) is 0 Å². The Morgan fingerprint density at radius 1 is 0.861 bits per heavy atom. The Hall–Kier alpha value is -3.70. The molecule has 0 radical (unpaired) electrons. The number of nitrogens with one attached hydrogen (secondary N) is 1. The van der Waals surface area contributed by atoms with Crippen LogP contribution in [0.2, 0.25) is 0 Å². The van der Waals surface area contributed by atoms with Crippen LogP contribution in [0.1, 0.15) is 41.0 Å². The summed E-state index contributed by atoms with van der Waals surface area (Å²) in [5.74, 6) is -0.0162. The van der Waals surface area contributed by atoms with E-state index in [1.807, 2.05) is 37.4 Å². The molecular weight excluding hydrogens is 510 g/mol. The predicted molar refractivity (Wildman–Crippen MR) is 150 cm³/mol. The van der Waals surface area contributed by atoms with Crippen molar-refractivity contribution in [2.75, 3.05) is 13.1 Å². The van der Waals surface area contributed by atoms with E-state index in [1.54, 1.807) is 12.3 Å². The topological polar surface area (TPSA) is 45.2 Å². The van der Waals surface area contributed by atoms with E-state index in [0.717, 1.165) is 26.9 Å². The molecule has 0 saturated heterocycles. The molecule has 0 bridgehead atoms. The van der Waals surface area contributed by atoms with Crippen LogP contribution in [0.25, 0.3) is 0 Å². The van der Waals surface area contributed by atoms with Crippen LogP contribution in [-0.2, 0) is 5.54 Å². The van der Waals surface area contributed by atoms with Crippen LogP contribution in [-0.4, -0.2) is 28.8 Å². The van der Waals surface area contributed by atoms with Gasteiger partial charge in [-0.25, -0.2) is 0 Å². The van der Waals surface area contributed by atoms with Crippen LogP contribution in [0.15, 0.2) is 126 Å². The third-order valence-electron chi connectivity index (χ3n) is 6.35. The number of ketones is 1. The average molecular weight is 541 g/mol. The van der Waals surface area contributed by atoms with Gasteiger partial charge >= 0.3 is 0 Å². The summed E-state index contributed by atoms with van der Waals surface area (Å²) >= 11 is 3.38. The Morgan fingerprint density at radius 2 is 1.36 bits per heavy atom. The molecule has 0 aliphatic rings. The number of carbonyl (C=O) groups excluding carboxylic acids is 1. The third kappa shape index (κ3) is 5.58. The average Bonchev–Trinajstić information content (AvgIpc) is 2.94. The molecule has 0 saturated carbocycles. The van der Waals surface area contributed by atoms with Gasteiger partial charge in [0.2, 0.25) is 0 Å². The molecule has 36 heavy (non-hydrogen) atoms. The third-order valence-corrected chi connectivity index (χ3v) is 6.82. The molecule has 0 amide bonds. The van der Waals surface area contributed by atoms with E-state index < -0.39 is 5.54 Å². The SMILES string of the molecule is CCN(CC(=O)c1ccc(Br)cn1)/C(C)=C\NC(c1ccccc1)(c1ccccc1)c1ccccc1. The van der Waals surface area contributed by atoms with Crippen molar-refractivity contribution in [3.63, 3.8) is 0 Å². The molecule has 182 valence electrons. The highest BCUT2D eigenvalue weighted by atomic mass is 79.9. The molecule has 1 heterocycles. The van der Waals surface area contributed by atoms with Crippen LogP contribution < -0.4 is 5.32 Å². The number of halogens is 1. The number of benzene rings is 3. The van der Waals surface area contributed by atoms with Crippen molar-refractivity contribution < 1.29 is 4.79 Å². The minimum Gasteiger partial charge on any atom is -0.372 e. The predicted octanol–water partition coefficient (Wildman–Crippen LogP) is 6.79. The molecule has 0 unspecified atom stereocenters. The first kappa shape index (κ1) is 25.4. The van der Waals surface area contributed by atoms with Gasteiger partial charge in [0.15, 0.2) is 5.78 Å². The van der Waals surface area contributed by atoms with E-state index in [1.165, 1.54) is 0 Å². The molecule has 4 aromatic rings. The molecular formula is C31H30BrN3O. The summed E-state index contributed by atoms with van der Waals surface area (Å²) < 4.78 is 0.853. The minimum atomic E-state index is -0.609. The smallest absolute Gasteiger partial charge is 0.200 e. The largest absolute Gasteiger partial charge is 0.372 e. The maximum absolute atomic E-state index is 12.9. The van der Waals surface area contributed by atoms with E-state index in [0.29, 0.717) is 12.2 Å². The zero-order valence-electron chi connectivity index (χ0n) is 20.6. The highest BCUT2D eigenvalue weighted by molar-refractivity contribution is 9.10. The maximum Gasteiger partial charge on any atom is 0.200 e. The van der Waals surface area contributed by atoms with Crippen molar-refractivity contribution in [3.05, 3.63) is 148 Å².